The van der Waals surface area contributed by atoms with Gasteiger partial charge in [-0.25, -0.2) is 4.99 Å². The van der Waals surface area contributed by atoms with Crippen molar-refractivity contribution >= 4 is 5.96 Å². The Balaban J connectivity index is 1.50. The van der Waals surface area contributed by atoms with Crippen LogP contribution in [-0.2, 0) is 9.47 Å². The summed E-state index contributed by atoms with van der Waals surface area (Å²) in [5, 5.41) is 14.5. The summed E-state index contributed by atoms with van der Waals surface area (Å²) in [7, 11) is 0. The summed E-state index contributed by atoms with van der Waals surface area (Å²) in [5.41, 5.74) is -1.15. The average molecular weight is 376 g/mol. The van der Waals surface area contributed by atoms with Crippen molar-refractivity contribution in [3.05, 3.63) is 12.2 Å². The Kier molecular flexibility index (Phi) is 4.30. The van der Waals surface area contributed by atoms with Gasteiger partial charge in [-0.2, -0.15) is 0 Å². The van der Waals surface area contributed by atoms with E-state index in [1.807, 2.05) is 0 Å². The van der Waals surface area contributed by atoms with Crippen LogP contribution < -0.4 is 5.32 Å². The quantitative estimate of drug-likeness (QED) is 0.690. The third-order valence-corrected chi connectivity index (χ3v) is 7.21. The van der Waals surface area contributed by atoms with Gasteiger partial charge in [-0.1, -0.05) is 19.1 Å². The molecular formula is C21H33N3O3. The van der Waals surface area contributed by atoms with Gasteiger partial charge in [0.1, 0.15) is 11.8 Å². The van der Waals surface area contributed by atoms with Crippen LogP contribution in [0.25, 0.3) is 0 Å². The SMILES string of the molecule is CC[C@H]1C=CCC[C@@]2(C[C@@H]3CC[C@@H]4C[C@]5(N=C(N2)N43)O[C@H](C)CC[C@@H]5O)O1. The van der Waals surface area contributed by atoms with Crippen LogP contribution in [0, 0.1) is 0 Å². The fourth-order valence-corrected chi connectivity index (χ4v) is 5.86. The van der Waals surface area contributed by atoms with Gasteiger partial charge in [0.05, 0.1) is 12.2 Å². The van der Waals surface area contributed by atoms with Crippen molar-refractivity contribution in [2.24, 2.45) is 4.99 Å². The minimum absolute atomic E-state index is 0.141. The first kappa shape index (κ1) is 18.0. The first-order chi connectivity index (χ1) is 13.0. The van der Waals surface area contributed by atoms with Crippen molar-refractivity contribution in [3.8, 4) is 0 Å². The Bertz CT molecular complexity index is 653. The van der Waals surface area contributed by atoms with E-state index in [1.54, 1.807) is 0 Å². The van der Waals surface area contributed by atoms with Gasteiger partial charge in [0.25, 0.3) is 0 Å². The molecule has 6 nitrogen and oxygen atoms in total. The van der Waals surface area contributed by atoms with Crippen molar-refractivity contribution in [2.75, 3.05) is 0 Å². The third kappa shape index (κ3) is 2.91. The molecule has 0 aliphatic carbocycles. The van der Waals surface area contributed by atoms with Crippen molar-refractivity contribution in [1.82, 2.24) is 10.2 Å². The predicted octanol–water partition coefficient (Wildman–Crippen LogP) is 2.67. The number of aliphatic imine (C=N–C) groups is 1. The number of guanidine groups is 1. The molecule has 0 aromatic heterocycles. The maximum absolute atomic E-state index is 10.8. The van der Waals surface area contributed by atoms with Crippen molar-refractivity contribution < 1.29 is 14.6 Å². The van der Waals surface area contributed by atoms with Crippen LogP contribution in [-0.4, -0.2) is 57.8 Å². The van der Waals surface area contributed by atoms with Gasteiger partial charge in [0, 0.05) is 24.9 Å². The van der Waals surface area contributed by atoms with Crippen LogP contribution in [0.15, 0.2) is 17.1 Å². The number of nitrogens with zero attached hydrogens (tertiary/aromatic N) is 2. The molecule has 5 aliphatic rings. The molecule has 2 spiro atoms. The number of aliphatic hydroxyl groups excluding tert-OH is 1. The van der Waals surface area contributed by atoms with E-state index in [2.05, 4.69) is 36.2 Å². The van der Waals surface area contributed by atoms with Gasteiger partial charge in [-0.3, -0.25) is 0 Å². The smallest absolute Gasteiger partial charge is 0.199 e. The van der Waals surface area contributed by atoms with E-state index < -0.39 is 11.8 Å². The minimum Gasteiger partial charge on any atom is -0.388 e. The monoisotopic (exact) mass is 375 g/mol. The Morgan fingerprint density at radius 1 is 1.22 bits per heavy atom. The Hall–Kier alpha value is -1.11. The highest BCUT2D eigenvalue weighted by atomic mass is 16.5. The van der Waals surface area contributed by atoms with Crippen LogP contribution in [0.1, 0.15) is 71.6 Å². The van der Waals surface area contributed by atoms with Crippen LogP contribution >= 0.6 is 0 Å². The van der Waals surface area contributed by atoms with Crippen molar-refractivity contribution in [1.29, 1.82) is 0 Å². The summed E-state index contributed by atoms with van der Waals surface area (Å²) in [5.74, 6) is 0.893. The number of hydrogen-bond acceptors (Lipinski definition) is 6. The average Bonchev–Trinajstić information content (AvgIpc) is 2.93. The minimum atomic E-state index is -0.790. The van der Waals surface area contributed by atoms with Crippen molar-refractivity contribution in [3.63, 3.8) is 0 Å². The molecule has 3 saturated heterocycles. The zero-order valence-corrected chi connectivity index (χ0v) is 16.6. The highest BCUT2D eigenvalue weighted by Gasteiger charge is 2.56. The molecule has 5 rings (SSSR count). The molecular weight excluding hydrogens is 342 g/mol. The molecule has 0 aromatic rings. The molecule has 0 unspecified atom stereocenters. The number of rotatable bonds is 1. The Labute approximate surface area is 162 Å². The van der Waals surface area contributed by atoms with E-state index in [0.717, 1.165) is 57.3 Å². The Morgan fingerprint density at radius 3 is 2.85 bits per heavy atom. The van der Waals surface area contributed by atoms with E-state index in [4.69, 9.17) is 14.5 Å². The number of allylic oxidation sites excluding steroid dienone is 1. The molecule has 0 saturated carbocycles. The molecule has 0 bridgehead atoms. The second kappa shape index (κ2) is 6.46. The zero-order chi connectivity index (χ0) is 18.6. The molecule has 6 heteroatoms. The van der Waals surface area contributed by atoms with Gasteiger partial charge in [0.2, 0.25) is 0 Å². The molecule has 5 aliphatic heterocycles. The van der Waals surface area contributed by atoms with Crippen LogP contribution in [0.4, 0.5) is 0 Å². The van der Waals surface area contributed by atoms with Crippen molar-refractivity contribution in [2.45, 2.75) is 113 Å². The predicted molar refractivity (Wildman–Crippen MR) is 103 cm³/mol. The zero-order valence-electron chi connectivity index (χ0n) is 16.6. The number of ether oxygens (including phenoxy) is 2. The third-order valence-electron chi connectivity index (χ3n) is 7.21. The lowest BCUT2D eigenvalue weighted by atomic mass is 9.88. The first-order valence-corrected chi connectivity index (χ1v) is 10.9. The Morgan fingerprint density at radius 2 is 2.04 bits per heavy atom. The summed E-state index contributed by atoms with van der Waals surface area (Å²) in [6.07, 6.45) is 13.0. The second-order valence-corrected chi connectivity index (χ2v) is 9.15. The van der Waals surface area contributed by atoms with E-state index in [0.29, 0.717) is 12.1 Å². The maximum atomic E-state index is 10.8. The molecule has 5 heterocycles. The van der Waals surface area contributed by atoms with Gasteiger partial charge in [-0.15, -0.1) is 0 Å². The lowest BCUT2D eigenvalue weighted by molar-refractivity contribution is -0.196. The van der Waals surface area contributed by atoms with Crippen LogP contribution in [0.3, 0.4) is 0 Å². The maximum Gasteiger partial charge on any atom is 0.199 e. The normalized spacial score (nSPS) is 48.9. The molecule has 0 aromatic carbocycles. The highest BCUT2D eigenvalue weighted by Crippen LogP contribution is 2.46. The summed E-state index contributed by atoms with van der Waals surface area (Å²) in [6, 6.07) is 0.874. The molecule has 150 valence electrons. The van der Waals surface area contributed by atoms with E-state index in [1.165, 1.54) is 6.42 Å². The van der Waals surface area contributed by atoms with Crippen LogP contribution in [0.5, 0.6) is 0 Å². The number of aliphatic hydroxyl groups is 1. The molecule has 2 N–H and O–H groups in total. The lowest BCUT2D eigenvalue weighted by Crippen LogP contribution is -2.69. The first-order valence-electron chi connectivity index (χ1n) is 10.9. The summed E-state index contributed by atoms with van der Waals surface area (Å²) < 4.78 is 12.9. The van der Waals surface area contributed by atoms with Gasteiger partial charge in [-0.05, 0) is 51.9 Å². The summed E-state index contributed by atoms with van der Waals surface area (Å²) in [4.78, 5) is 7.52. The van der Waals surface area contributed by atoms with Gasteiger partial charge >= 0.3 is 0 Å². The topological polar surface area (TPSA) is 66.3 Å². The van der Waals surface area contributed by atoms with Gasteiger partial charge < -0.3 is 24.8 Å². The molecule has 0 radical (unpaired) electrons. The summed E-state index contributed by atoms with van der Waals surface area (Å²) >= 11 is 0. The largest absolute Gasteiger partial charge is 0.388 e. The number of hydrogen-bond donors (Lipinski definition) is 2. The lowest BCUT2D eigenvalue weighted by Gasteiger charge is -2.54. The summed E-state index contributed by atoms with van der Waals surface area (Å²) in [6.45, 7) is 4.27. The second-order valence-electron chi connectivity index (χ2n) is 9.15. The fourth-order valence-electron chi connectivity index (χ4n) is 5.86. The van der Waals surface area contributed by atoms with E-state index in [-0.39, 0.29) is 17.9 Å². The van der Waals surface area contributed by atoms with E-state index in [9.17, 15) is 5.11 Å². The molecule has 7 atom stereocenters. The van der Waals surface area contributed by atoms with E-state index >= 15 is 0 Å². The molecule has 27 heavy (non-hydrogen) atoms. The molecule has 0 amide bonds. The molecule has 3 fully saturated rings. The van der Waals surface area contributed by atoms with Crippen LogP contribution in [0.2, 0.25) is 0 Å². The standard InChI is InChI=1S/C21H33N3O3/c1-3-17-6-4-5-11-20(27-17)12-15-8-9-16-13-21(23-19(22-20)24(15)16)18(25)10-7-14(2)26-21/h4,6,14-18,25H,3,5,7-13H2,1-2H3,(H,22,23)/t14-,15+,16-,17+,18+,20+,21+/m1/s1. The highest BCUT2D eigenvalue weighted by molar-refractivity contribution is 5.83. The fraction of sp³-hybridized carbons (Fsp3) is 0.857. The van der Waals surface area contributed by atoms with Gasteiger partial charge in [0.15, 0.2) is 11.7 Å². The number of nitrogens with one attached hydrogen (secondary N) is 1.